The van der Waals surface area contributed by atoms with E-state index in [4.69, 9.17) is 0 Å². The quantitative estimate of drug-likeness (QED) is 0.879. The highest BCUT2D eigenvalue weighted by atomic mass is 19.1. The molecule has 2 N–H and O–H groups in total. The van der Waals surface area contributed by atoms with Gasteiger partial charge in [-0.15, -0.1) is 0 Å². The van der Waals surface area contributed by atoms with E-state index in [0.29, 0.717) is 0 Å². The van der Waals surface area contributed by atoms with Gasteiger partial charge < -0.3 is 10.6 Å². The second kappa shape index (κ2) is 5.29. The Kier molecular flexibility index (Phi) is 3.90. The summed E-state index contributed by atoms with van der Waals surface area (Å²) in [7, 11) is 0. The Labute approximate surface area is 113 Å². The van der Waals surface area contributed by atoms with Crippen LogP contribution in [-0.4, -0.2) is 19.0 Å². The molecule has 0 aliphatic carbocycles. The number of nitrogens with one attached hydrogen (secondary N) is 2. The first-order chi connectivity index (χ1) is 8.88. The fourth-order valence-electron chi connectivity index (χ4n) is 2.19. The van der Waals surface area contributed by atoms with Crippen molar-refractivity contribution in [1.29, 1.82) is 0 Å². The number of amides is 1. The fourth-order valence-corrected chi connectivity index (χ4v) is 2.19. The number of hydrogen-bond donors (Lipinski definition) is 2. The van der Waals surface area contributed by atoms with Crippen molar-refractivity contribution in [3.8, 4) is 0 Å². The number of carbonyl (C=O) groups is 1. The highest BCUT2D eigenvalue weighted by Gasteiger charge is 2.32. The third kappa shape index (κ3) is 3.32. The third-order valence-electron chi connectivity index (χ3n) is 3.51. The van der Waals surface area contributed by atoms with Crippen LogP contribution in [0.5, 0.6) is 0 Å². The van der Waals surface area contributed by atoms with Gasteiger partial charge in [0.15, 0.2) is 0 Å². The van der Waals surface area contributed by atoms with Gasteiger partial charge in [0.1, 0.15) is 5.82 Å². The van der Waals surface area contributed by atoms with E-state index in [1.54, 1.807) is 12.1 Å². The van der Waals surface area contributed by atoms with Gasteiger partial charge in [-0.1, -0.05) is 32.9 Å². The molecule has 0 aromatic heterocycles. The van der Waals surface area contributed by atoms with Crippen LogP contribution in [0.25, 0.3) is 0 Å². The van der Waals surface area contributed by atoms with E-state index in [-0.39, 0.29) is 29.1 Å². The summed E-state index contributed by atoms with van der Waals surface area (Å²) in [6, 6.07) is 6.24. The Morgan fingerprint density at radius 1 is 1.32 bits per heavy atom. The van der Waals surface area contributed by atoms with Crippen LogP contribution in [0, 0.1) is 17.2 Å². The molecule has 2 rings (SSSR count). The summed E-state index contributed by atoms with van der Waals surface area (Å²) in [5.74, 6) is -0.126. The van der Waals surface area contributed by atoms with E-state index in [0.717, 1.165) is 18.7 Å². The molecular weight excluding hydrogens is 243 g/mol. The van der Waals surface area contributed by atoms with E-state index in [2.05, 4.69) is 31.4 Å². The number of halogens is 1. The van der Waals surface area contributed by atoms with Gasteiger partial charge in [0, 0.05) is 13.1 Å². The van der Waals surface area contributed by atoms with Crippen molar-refractivity contribution >= 4 is 5.91 Å². The molecule has 3 nitrogen and oxygen atoms in total. The van der Waals surface area contributed by atoms with Gasteiger partial charge >= 0.3 is 0 Å². The zero-order chi connectivity index (χ0) is 14.0. The van der Waals surface area contributed by atoms with Crippen molar-refractivity contribution in [2.24, 2.45) is 11.3 Å². The lowest BCUT2D eigenvalue weighted by atomic mass is 9.82. The zero-order valence-corrected chi connectivity index (χ0v) is 11.7. The monoisotopic (exact) mass is 264 g/mol. The third-order valence-corrected chi connectivity index (χ3v) is 3.51. The first-order valence-corrected chi connectivity index (χ1v) is 6.64. The van der Waals surface area contributed by atoms with Crippen LogP contribution in [-0.2, 0) is 4.79 Å². The van der Waals surface area contributed by atoms with Crippen molar-refractivity contribution in [3.63, 3.8) is 0 Å². The molecule has 1 unspecified atom stereocenters. The van der Waals surface area contributed by atoms with Crippen molar-refractivity contribution in [3.05, 3.63) is 35.6 Å². The molecule has 0 saturated carbocycles. The van der Waals surface area contributed by atoms with Crippen LogP contribution in [0.4, 0.5) is 4.39 Å². The molecule has 0 radical (unpaired) electrons. The Balaban J connectivity index is 2.16. The lowest BCUT2D eigenvalue weighted by molar-refractivity contribution is -0.128. The van der Waals surface area contributed by atoms with E-state index in [1.807, 2.05) is 0 Å². The Bertz CT molecular complexity index is 446. The molecule has 1 atom stereocenters. The molecule has 0 spiro atoms. The van der Waals surface area contributed by atoms with E-state index < -0.39 is 0 Å². The van der Waals surface area contributed by atoms with Gasteiger partial charge in [-0.3, -0.25) is 4.79 Å². The summed E-state index contributed by atoms with van der Waals surface area (Å²) < 4.78 is 13.0. The highest BCUT2D eigenvalue weighted by molar-refractivity contribution is 5.80. The Morgan fingerprint density at radius 2 is 1.89 bits per heavy atom. The molecule has 0 bridgehead atoms. The smallest absolute Gasteiger partial charge is 0.226 e. The largest absolute Gasteiger partial charge is 0.348 e. The SMILES string of the molecule is CC(C)(C)C(NC(=O)C1CNC1)c1ccc(F)cc1. The molecule has 1 aliphatic heterocycles. The summed E-state index contributed by atoms with van der Waals surface area (Å²) in [5.41, 5.74) is 0.819. The average molecular weight is 264 g/mol. The summed E-state index contributed by atoms with van der Waals surface area (Å²) in [4.78, 5) is 12.1. The molecule has 1 amide bonds. The molecule has 4 heteroatoms. The van der Waals surface area contributed by atoms with E-state index >= 15 is 0 Å². The number of carbonyl (C=O) groups excluding carboxylic acids is 1. The van der Waals surface area contributed by atoms with Crippen LogP contribution >= 0.6 is 0 Å². The maximum absolute atomic E-state index is 13.0. The van der Waals surface area contributed by atoms with Crippen LogP contribution in [0.2, 0.25) is 0 Å². The van der Waals surface area contributed by atoms with Crippen LogP contribution in [0.15, 0.2) is 24.3 Å². The maximum atomic E-state index is 13.0. The van der Waals surface area contributed by atoms with Gasteiger partial charge in [0.05, 0.1) is 12.0 Å². The molecule has 1 aliphatic rings. The molecule has 1 aromatic rings. The predicted molar refractivity (Wildman–Crippen MR) is 73.1 cm³/mol. The van der Waals surface area contributed by atoms with Crippen LogP contribution < -0.4 is 10.6 Å². The molecule has 1 fully saturated rings. The average Bonchev–Trinajstić information content (AvgIpc) is 2.23. The van der Waals surface area contributed by atoms with Gasteiger partial charge in [-0.05, 0) is 23.1 Å². The minimum Gasteiger partial charge on any atom is -0.348 e. The van der Waals surface area contributed by atoms with Gasteiger partial charge in [0.25, 0.3) is 0 Å². The Hall–Kier alpha value is -1.42. The van der Waals surface area contributed by atoms with E-state index in [9.17, 15) is 9.18 Å². The minimum atomic E-state index is -0.258. The van der Waals surface area contributed by atoms with Gasteiger partial charge in [-0.2, -0.15) is 0 Å². The fraction of sp³-hybridized carbons (Fsp3) is 0.533. The molecule has 1 heterocycles. The van der Waals surface area contributed by atoms with Crippen molar-refractivity contribution in [2.75, 3.05) is 13.1 Å². The second-order valence-electron chi connectivity index (χ2n) is 6.21. The van der Waals surface area contributed by atoms with E-state index in [1.165, 1.54) is 12.1 Å². The normalized spacial score (nSPS) is 17.7. The standard InChI is InChI=1S/C15H21FN2O/c1-15(2,3)13(10-4-6-12(16)7-5-10)18-14(19)11-8-17-9-11/h4-7,11,13,17H,8-9H2,1-3H3,(H,18,19). The molecule has 1 aromatic carbocycles. The van der Waals surface area contributed by atoms with Crippen molar-refractivity contribution in [1.82, 2.24) is 10.6 Å². The topological polar surface area (TPSA) is 41.1 Å². The number of rotatable bonds is 3. The lowest BCUT2D eigenvalue weighted by Gasteiger charge is -2.35. The Morgan fingerprint density at radius 3 is 2.32 bits per heavy atom. The summed E-state index contributed by atoms with van der Waals surface area (Å²) in [5, 5.41) is 6.18. The summed E-state index contributed by atoms with van der Waals surface area (Å²) >= 11 is 0. The summed E-state index contributed by atoms with van der Waals surface area (Å²) in [6.07, 6.45) is 0. The minimum absolute atomic E-state index is 0.0605. The molecule has 19 heavy (non-hydrogen) atoms. The summed E-state index contributed by atoms with van der Waals surface area (Å²) in [6.45, 7) is 7.69. The lowest BCUT2D eigenvalue weighted by Crippen LogP contribution is -2.52. The second-order valence-corrected chi connectivity index (χ2v) is 6.21. The van der Waals surface area contributed by atoms with Crippen LogP contribution in [0.3, 0.4) is 0 Å². The number of hydrogen-bond acceptors (Lipinski definition) is 2. The molecule has 1 saturated heterocycles. The molecule has 104 valence electrons. The van der Waals surface area contributed by atoms with Crippen molar-refractivity contribution in [2.45, 2.75) is 26.8 Å². The number of benzene rings is 1. The first-order valence-electron chi connectivity index (χ1n) is 6.64. The highest BCUT2D eigenvalue weighted by Crippen LogP contribution is 2.33. The van der Waals surface area contributed by atoms with Crippen LogP contribution in [0.1, 0.15) is 32.4 Å². The van der Waals surface area contributed by atoms with Gasteiger partial charge in [0.2, 0.25) is 5.91 Å². The molecular formula is C15H21FN2O. The van der Waals surface area contributed by atoms with Crippen molar-refractivity contribution < 1.29 is 9.18 Å². The first kappa shape index (κ1) is 14.0. The van der Waals surface area contributed by atoms with Gasteiger partial charge in [-0.25, -0.2) is 4.39 Å². The maximum Gasteiger partial charge on any atom is 0.226 e. The predicted octanol–water partition coefficient (Wildman–Crippen LogP) is 2.25. The zero-order valence-electron chi connectivity index (χ0n) is 11.7.